The summed E-state index contributed by atoms with van der Waals surface area (Å²) in [5, 5.41) is 23.5. The second kappa shape index (κ2) is 5.88. The van der Waals surface area contributed by atoms with Crippen LogP contribution >= 0.6 is 0 Å². The van der Waals surface area contributed by atoms with Crippen molar-refractivity contribution in [3.63, 3.8) is 0 Å². The number of aliphatic hydroxyl groups is 1. The molecule has 2 rings (SSSR count). The van der Waals surface area contributed by atoms with E-state index in [4.69, 9.17) is 4.74 Å². The topological polar surface area (TPSA) is 115 Å². The van der Waals surface area contributed by atoms with E-state index in [0.29, 0.717) is 17.7 Å². The average molecular weight is 309 g/mol. The first-order chi connectivity index (χ1) is 10.2. The molecule has 22 heavy (non-hydrogen) atoms. The monoisotopic (exact) mass is 309 g/mol. The minimum Gasteiger partial charge on any atom is -0.444 e. The Morgan fingerprint density at radius 3 is 2.77 bits per heavy atom. The van der Waals surface area contributed by atoms with Crippen LogP contribution < -0.4 is 5.32 Å². The zero-order chi connectivity index (χ0) is 16.5. The largest absolute Gasteiger partial charge is 0.444 e. The van der Waals surface area contributed by atoms with Crippen LogP contribution in [0.4, 0.5) is 10.5 Å². The van der Waals surface area contributed by atoms with Crippen molar-refractivity contribution in [2.45, 2.75) is 51.4 Å². The molecule has 0 fully saturated rings. The fourth-order valence-corrected chi connectivity index (χ4v) is 2.30. The number of ether oxygens (including phenoxy) is 1. The van der Waals surface area contributed by atoms with Crippen LogP contribution in [0.1, 0.15) is 32.0 Å². The van der Waals surface area contributed by atoms with Gasteiger partial charge in [-0.15, -0.1) is 0 Å². The fraction of sp³-hybridized carbons (Fsp3) is 0.571. The van der Waals surface area contributed by atoms with E-state index in [1.54, 1.807) is 20.8 Å². The standard InChI is InChI=1S/C14H19N3O5/c1-14(2,3)22-13(19)16-11-6-10-8(5-12(11)18)4-9(7-15-10)17(20)21/h4,7,11-12,18H,5-6H2,1-3H3,(H,16,19)/t11-,12-/m1/s1. The lowest BCUT2D eigenvalue weighted by Crippen LogP contribution is -2.49. The molecule has 0 aliphatic heterocycles. The molecule has 1 amide bonds. The molecular weight excluding hydrogens is 290 g/mol. The number of nitrogens with one attached hydrogen (secondary N) is 1. The number of carbonyl (C=O) groups excluding carboxylic acids is 1. The Morgan fingerprint density at radius 2 is 2.18 bits per heavy atom. The number of carbonyl (C=O) groups is 1. The second-order valence-corrected chi connectivity index (χ2v) is 6.28. The number of aliphatic hydroxyl groups excluding tert-OH is 1. The maximum absolute atomic E-state index is 11.8. The minimum absolute atomic E-state index is 0.107. The van der Waals surface area contributed by atoms with Crippen molar-refractivity contribution in [1.29, 1.82) is 0 Å². The van der Waals surface area contributed by atoms with Gasteiger partial charge in [0.2, 0.25) is 0 Å². The summed E-state index contributed by atoms with van der Waals surface area (Å²) in [4.78, 5) is 26.1. The molecule has 1 aromatic heterocycles. The van der Waals surface area contributed by atoms with Gasteiger partial charge in [0.15, 0.2) is 0 Å². The third-order valence-corrected chi connectivity index (χ3v) is 3.27. The van der Waals surface area contributed by atoms with Gasteiger partial charge in [0.1, 0.15) is 11.8 Å². The summed E-state index contributed by atoms with van der Waals surface area (Å²) in [6, 6.07) is 0.881. The lowest BCUT2D eigenvalue weighted by Gasteiger charge is -2.30. The smallest absolute Gasteiger partial charge is 0.407 e. The van der Waals surface area contributed by atoms with E-state index in [1.165, 1.54) is 12.3 Å². The number of pyridine rings is 1. The summed E-state index contributed by atoms with van der Waals surface area (Å²) >= 11 is 0. The van der Waals surface area contributed by atoms with Gasteiger partial charge in [-0.3, -0.25) is 15.1 Å². The molecule has 0 aromatic carbocycles. The first-order valence-corrected chi connectivity index (χ1v) is 6.95. The number of alkyl carbamates (subject to hydrolysis) is 1. The van der Waals surface area contributed by atoms with Crippen molar-refractivity contribution >= 4 is 11.8 Å². The van der Waals surface area contributed by atoms with Gasteiger partial charge in [0.05, 0.1) is 17.1 Å². The molecule has 0 saturated carbocycles. The number of nitro groups is 1. The summed E-state index contributed by atoms with van der Waals surface area (Å²) in [6.45, 7) is 5.25. The van der Waals surface area contributed by atoms with Gasteiger partial charge < -0.3 is 15.2 Å². The highest BCUT2D eigenvalue weighted by Crippen LogP contribution is 2.24. The first-order valence-electron chi connectivity index (χ1n) is 6.95. The highest BCUT2D eigenvalue weighted by molar-refractivity contribution is 5.68. The van der Waals surface area contributed by atoms with Crippen LogP contribution in [0.25, 0.3) is 0 Å². The summed E-state index contributed by atoms with van der Waals surface area (Å²) in [5.41, 5.74) is 0.533. The zero-order valence-electron chi connectivity index (χ0n) is 12.7. The molecule has 2 N–H and O–H groups in total. The van der Waals surface area contributed by atoms with Crippen molar-refractivity contribution in [3.05, 3.63) is 33.6 Å². The van der Waals surface area contributed by atoms with Crippen LogP contribution in [0.3, 0.4) is 0 Å². The van der Waals surface area contributed by atoms with Crippen LogP contribution in [0.2, 0.25) is 0 Å². The third kappa shape index (κ3) is 3.91. The number of aromatic nitrogens is 1. The predicted molar refractivity (Wildman–Crippen MR) is 77.5 cm³/mol. The maximum atomic E-state index is 11.8. The molecule has 1 aromatic rings. The van der Waals surface area contributed by atoms with E-state index in [9.17, 15) is 20.0 Å². The molecule has 0 spiro atoms. The quantitative estimate of drug-likeness (QED) is 0.629. The SMILES string of the molecule is CC(C)(C)OC(=O)N[C@@H]1Cc2ncc([N+](=O)[O-])cc2C[C@H]1O. The van der Waals surface area contributed by atoms with Gasteiger partial charge in [0.25, 0.3) is 5.69 Å². The Balaban J connectivity index is 2.09. The minimum atomic E-state index is -0.844. The summed E-state index contributed by atoms with van der Waals surface area (Å²) in [6.07, 6.45) is 0.227. The zero-order valence-corrected chi connectivity index (χ0v) is 12.7. The van der Waals surface area contributed by atoms with Gasteiger partial charge in [0, 0.05) is 24.6 Å². The van der Waals surface area contributed by atoms with Crippen LogP contribution in [-0.2, 0) is 17.6 Å². The number of nitrogens with zero attached hydrogens (tertiary/aromatic N) is 2. The molecule has 120 valence electrons. The van der Waals surface area contributed by atoms with E-state index in [0.717, 1.165) is 0 Å². The Hall–Kier alpha value is -2.22. The van der Waals surface area contributed by atoms with E-state index in [1.807, 2.05) is 0 Å². The summed E-state index contributed by atoms with van der Waals surface area (Å²) in [7, 11) is 0. The van der Waals surface area contributed by atoms with Gasteiger partial charge in [-0.25, -0.2) is 4.79 Å². The van der Waals surface area contributed by atoms with Gasteiger partial charge >= 0.3 is 6.09 Å². The Bertz CT molecular complexity index is 597. The van der Waals surface area contributed by atoms with Crippen molar-refractivity contribution in [2.24, 2.45) is 0 Å². The Kier molecular flexibility index (Phi) is 4.32. The number of fused-ring (bicyclic) bond motifs is 1. The lowest BCUT2D eigenvalue weighted by atomic mass is 9.89. The van der Waals surface area contributed by atoms with Gasteiger partial charge in [-0.2, -0.15) is 0 Å². The van der Waals surface area contributed by atoms with Crippen molar-refractivity contribution in [3.8, 4) is 0 Å². The van der Waals surface area contributed by atoms with E-state index in [2.05, 4.69) is 10.3 Å². The molecule has 8 heteroatoms. The lowest BCUT2D eigenvalue weighted by molar-refractivity contribution is -0.385. The fourth-order valence-electron chi connectivity index (χ4n) is 2.30. The van der Waals surface area contributed by atoms with E-state index in [-0.39, 0.29) is 12.1 Å². The molecule has 0 unspecified atom stereocenters. The van der Waals surface area contributed by atoms with Crippen LogP contribution in [0.5, 0.6) is 0 Å². The van der Waals surface area contributed by atoms with Crippen molar-refractivity contribution in [1.82, 2.24) is 10.3 Å². The molecule has 8 nitrogen and oxygen atoms in total. The molecule has 1 aliphatic carbocycles. The average Bonchev–Trinajstić information content (AvgIpc) is 2.36. The number of rotatable bonds is 2. The highest BCUT2D eigenvalue weighted by atomic mass is 16.6. The second-order valence-electron chi connectivity index (χ2n) is 6.28. The Morgan fingerprint density at radius 1 is 1.50 bits per heavy atom. The van der Waals surface area contributed by atoms with Crippen molar-refractivity contribution in [2.75, 3.05) is 0 Å². The molecule has 1 aliphatic rings. The van der Waals surface area contributed by atoms with E-state index >= 15 is 0 Å². The number of hydrogen-bond acceptors (Lipinski definition) is 6. The summed E-state index contributed by atoms with van der Waals surface area (Å²) in [5.74, 6) is 0. The first kappa shape index (κ1) is 16.2. The van der Waals surface area contributed by atoms with Crippen LogP contribution in [0, 0.1) is 10.1 Å². The molecule has 0 saturated heterocycles. The molecular formula is C14H19N3O5. The number of hydrogen-bond donors (Lipinski definition) is 2. The van der Waals surface area contributed by atoms with E-state index < -0.39 is 28.8 Å². The molecule has 1 heterocycles. The predicted octanol–water partition coefficient (Wildman–Crippen LogP) is 1.34. The highest BCUT2D eigenvalue weighted by Gasteiger charge is 2.31. The summed E-state index contributed by atoms with van der Waals surface area (Å²) < 4.78 is 5.16. The number of amides is 1. The molecule has 0 radical (unpaired) electrons. The van der Waals surface area contributed by atoms with Crippen molar-refractivity contribution < 1.29 is 19.6 Å². The maximum Gasteiger partial charge on any atom is 0.407 e. The van der Waals surface area contributed by atoms with Gasteiger partial charge in [-0.05, 0) is 26.3 Å². The molecule has 2 atom stereocenters. The van der Waals surface area contributed by atoms with Crippen LogP contribution in [0.15, 0.2) is 12.3 Å². The normalized spacial score (nSPS) is 20.9. The molecule has 0 bridgehead atoms. The third-order valence-electron chi connectivity index (χ3n) is 3.27. The Labute approximate surface area is 127 Å². The van der Waals surface area contributed by atoms with Crippen LogP contribution in [-0.4, -0.2) is 38.9 Å². The van der Waals surface area contributed by atoms with Gasteiger partial charge in [-0.1, -0.05) is 0 Å².